The second-order valence-electron chi connectivity index (χ2n) is 5.41. The van der Waals surface area contributed by atoms with Crippen LogP contribution in [0.25, 0.3) is 10.9 Å². The van der Waals surface area contributed by atoms with Crippen molar-refractivity contribution in [2.75, 3.05) is 12.4 Å². The third kappa shape index (κ3) is 3.40. The average molecular weight is 373 g/mol. The quantitative estimate of drug-likeness (QED) is 0.711. The highest BCUT2D eigenvalue weighted by atomic mass is 79.9. The van der Waals surface area contributed by atoms with E-state index < -0.39 is 0 Å². The van der Waals surface area contributed by atoms with Gasteiger partial charge in [0.05, 0.1) is 13.5 Å². The number of anilines is 1. The summed E-state index contributed by atoms with van der Waals surface area (Å²) in [6, 6.07) is 11.6. The number of benzene rings is 2. The van der Waals surface area contributed by atoms with Crippen LogP contribution in [0.1, 0.15) is 11.1 Å². The van der Waals surface area contributed by atoms with Crippen LogP contribution in [0.4, 0.5) is 5.69 Å². The zero-order valence-electron chi connectivity index (χ0n) is 12.9. The summed E-state index contributed by atoms with van der Waals surface area (Å²) < 4.78 is 6.23. The van der Waals surface area contributed by atoms with Crippen LogP contribution in [0.2, 0.25) is 0 Å². The van der Waals surface area contributed by atoms with Crippen LogP contribution >= 0.6 is 15.9 Å². The molecule has 0 spiro atoms. The number of rotatable bonds is 4. The first kappa shape index (κ1) is 15.6. The Kier molecular flexibility index (Phi) is 4.39. The number of H-pyrrole nitrogens is 1. The zero-order valence-corrected chi connectivity index (χ0v) is 14.5. The Morgan fingerprint density at radius 1 is 1.26 bits per heavy atom. The van der Waals surface area contributed by atoms with Crippen molar-refractivity contribution in [3.05, 3.63) is 58.2 Å². The number of aryl methyl sites for hydroxylation is 1. The Morgan fingerprint density at radius 2 is 2.09 bits per heavy atom. The van der Waals surface area contributed by atoms with Crippen LogP contribution < -0.4 is 10.1 Å². The van der Waals surface area contributed by atoms with Gasteiger partial charge in [-0.05, 0) is 48.4 Å². The number of carbonyl (C=O) groups excluding carboxylic acids is 1. The summed E-state index contributed by atoms with van der Waals surface area (Å²) in [5.74, 6) is 0.727. The molecule has 0 unspecified atom stereocenters. The lowest BCUT2D eigenvalue weighted by molar-refractivity contribution is -0.115. The molecule has 3 rings (SSSR count). The minimum Gasteiger partial charge on any atom is -0.497 e. The molecule has 1 aromatic heterocycles. The predicted molar refractivity (Wildman–Crippen MR) is 96.1 cm³/mol. The van der Waals surface area contributed by atoms with Crippen molar-refractivity contribution in [1.82, 2.24) is 4.98 Å². The van der Waals surface area contributed by atoms with Gasteiger partial charge < -0.3 is 15.0 Å². The van der Waals surface area contributed by atoms with Gasteiger partial charge in [0, 0.05) is 27.3 Å². The van der Waals surface area contributed by atoms with Crippen molar-refractivity contribution in [2.45, 2.75) is 13.3 Å². The predicted octanol–water partition coefficient (Wildman–Crippen LogP) is 4.43. The SMILES string of the molecule is COc1ccc2[nH]cc(CC(=O)Nc3ccc(C)c(Br)c3)c2c1. The molecule has 1 heterocycles. The molecule has 118 valence electrons. The largest absolute Gasteiger partial charge is 0.497 e. The molecule has 0 aliphatic carbocycles. The Hall–Kier alpha value is -2.27. The fraction of sp³-hybridized carbons (Fsp3) is 0.167. The van der Waals surface area contributed by atoms with Gasteiger partial charge >= 0.3 is 0 Å². The molecular weight excluding hydrogens is 356 g/mol. The van der Waals surface area contributed by atoms with Crippen LogP contribution in [-0.2, 0) is 11.2 Å². The lowest BCUT2D eigenvalue weighted by atomic mass is 10.1. The van der Waals surface area contributed by atoms with Gasteiger partial charge in [0.1, 0.15) is 5.75 Å². The van der Waals surface area contributed by atoms with Gasteiger partial charge in [0.25, 0.3) is 0 Å². The fourth-order valence-electron chi connectivity index (χ4n) is 2.48. The van der Waals surface area contributed by atoms with E-state index in [0.29, 0.717) is 6.42 Å². The maximum atomic E-state index is 12.3. The molecule has 3 aromatic rings. The lowest BCUT2D eigenvalue weighted by Gasteiger charge is -2.07. The number of nitrogens with one attached hydrogen (secondary N) is 2. The Morgan fingerprint density at radius 3 is 2.83 bits per heavy atom. The second kappa shape index (κ2) is 6.46. The van der Waals surface area contributed by atoms with Gasteiger partial charge in [-0.2, -0.15) is 0 Å². The summed E-state index contributed by atoms with van der Waals surface area (Å²) in [7, 11) is 1.63. The Bertz CT molecular complexity index is 871. The van der Waals surface area contributed by atoms with Gasteiger partial charge in [-0.3, -0.25) is 4.79 Å². The van der Waals surface area contributed by atoms with Crippen molar-refractivity contribution < 1.29 is 9.53 Å². The maximum Gasteiger partial charge on any atom is 0.228 e. The van der Waals surface area contributed by atoms with Crippen molar-refractivity contribution in [2.24, 2.45) is 0 Å². The topological polar surface area (TPSA) is 54.1 Å². The fourth-order valence-corrected chi connectivity index (χ4v) is 2.86. The number of hydrogen-bond donors (Lipinski definition) is 2. The van der Waals surface area contributed by atoms with Gasteiger partial charge in [0.2, 0.25) is 5.91 Å². The third-order valence-electron chi connectivity index (χ3n) is 3.78. The minimum absolute atomic E-state index is 0.0514. The summed E-state index contributed by atoms with van der Waals surface area (Å²) in [5.41, 5.74) is 3.85. The lowest BCUT2D eigenvalue weighted by Crippen LogP contribution is -2.14. The van der Waals surface area contributed by atoms with E-state index in [0.717, 1.165) is 37.9 Å². The van der Waals surface area contributed by atoms with Gasteiger partial charge in [-0.15, -0.1) is 0 Å². The number of halogens is 1. The molecule has 4 nitrogen and oxygen atoms in total. The first-order chi connectivity index (χ1) is 11.1. The maximum absolute atomic E-state index is 12.3. The van der Waals surface area contributed by atoms with Crippen molar-refractivity contribution in [3.63, 3.8) is 0 Å². The van der Waals surface area contributed by atoms with Crippen LogP contribution in [0.3, 0.4) is 0 Å². The number of methoxy groups -OCH3 is 1. The molecule has 0 aliphatic rings. The number of ether oxygens (including phenoxy) is 1. The zero-order chi connectivity index (χ0) is 16.4. The molecular formula is C18H17BrN2O2. The summed E-state index contributed by atoms with van der Waals surface area (Å²) in [6.07, 6.45) is 2.17. The molecule has 0 aliphatic heterocycles. The smallest absolute Gasteiger partial charge is 0.228 e. The summed E-state index contributed by atoms with van der Waals surface area (Å²) in [5, 5.41) is 3.93. The Balaban J connectivity index is 1.78. The second-order valence-corrected chi connectivity index (χ2v) is 6.27. The van der Waals surface area contributed by atoms with Gasteiger partial charge in [0.15, 0.2) is 0 Å². The standard InChI is InChI=1S/C18H17BrN2O2/c1-11-3-4-13(8-16(11)19)21-18(22)7-12-10-20-17-6-5-14(23-2)9-15(12)17/h3-6,8-10,20H,7H2,1-2H3,(H,21,22). The molecule has 0 bridgehead atoms. The molecule has 0 saturated carbocycles. The summed E-state index contributed by atoms with van der Waals surface area (Å²) in [4.78, 5) is 15.5. The van der Waals surface area contributed by atoms with E-state index in [-0.39, 0.29) is 5.91 Å². The molecule has 1 amide bonds. The number of carbonyl (C=O) groups is 1. The molecule has 0 saturated heterocycles. The van der Waals surface area contributed by atoms with Gasteiger partial charge in [-0.1, -0.05) is 22.0 Å². The molecule has 0 fully saturated rings. The highest BCUT2D eigenvalue weighted by molar-refractivity contribution is 9.10. The summed E-state index contributed by atoms with van der Waals surface area (Å²) in [6.45, 7) is 2.01. The molecule has 5 heteroatoms. The van der Waals surface area contributed by atoms with E-state index in [1.165, 1.54) is 0 Å². The van der Waals surface area contributed by atoms with Crippen LogP contribution in [0.5, 0.6) is 5.75 Å². The number of aromatic nitrogens is 1. The van der Waals surface area contributed by atoms with Crippen molar-refractivity contribution in [3.8, 4) is 5.75 Å². The molecule has 23 heavy (non-hydrogen) atoms. The molecule has 0 atom stereocenters. The van der Waals surface area contributed by atoms with E-state index >= 15 is 0 Å². The minimum atomic E-state index is -0.0514. The van der Waals surface area contributed by atoms with E-state index in [9.17, 15) is 4.79 Å². The third-order valence-corrected chi connectivity index (χ3v) is 4.64. The first-order valence-electron chi connectivity index (χ1n) is 7.27. The highest BCUT2D eigenvalue weighted by Crippen LogP contribution is 2.25. The molecule has 0 radical (unpaired) electrons. The molecule has 2 N–H and O–H groups in total. The van der Waals surface area contributed by atoms with Crippen LogP contribution in [-0.4, -0.2) is 18.0 Å². The number of hydrogen-bond acceptors (Lipinski definition) is 2. The van der Waals surface area contributed by atoms with Crippen LogP contribution in [0, 0.1) is 6.92 Å². The summed E-state index contributed by atoms with van der Waals surface area (Å²) >= 11 is 3.47. The van der Waals surface area contributed by atoms with Crippen LogP contribution in [0.15, 0.2) is 47.1 Å². The van der Waals surface area contributed by atoms with E-state index in [2.05, 4.69) is 26.2 Å². The van der Waals surface area contributed by atoms with Crippen molar-refractivity contribution in [1.29, 1.82) is 0 Å². The number of aromatic amines is 1. The number of fused-ring (bicyclic) bond motifs is 1. The highest BCUT2D eigenvalue weighted by Gasteiger charge is 2.10. The number of amides is 1. The molecule has 2 aromatic carbocycles. The van der Waals surface area contributed by atoms with E-state index in [4.69, 9.17) is 4.74 Å². The normalized spacial score (nSPS) is 10.7. The average Bonchev–Trinajstić information content (AvgIpc) is 2.93. The Labute approximate surface area is 143 Å². The van der Waals surface area contributed by atoms with E-state index in [1.54, 1.807) is 7.11 Å². The first-order valence-corrected chi connectivity index (χ1v) is 8.06. The van der Waals surface area contributed by atoms with Gasteiger partial charge in [-0.25, -0.2) is 0 Å². The van der Waals surface area contributed by atoms with E-state index in [1.807, 2.05) is 49.5 Å². The van der Waals surface area contributed by atoms with Crippen molar-refractivity contribution >= 4 is 38.4 Å². The monoisotopic (exact) mass is 372 g/mol.